The largest absolute Gasteiger partial charge is 0.393 e. The van der Waals surface area contributed by atoms with Gasteiger partial charge in [0.05, 0.1) is 25.4 Å². The molecule has 4 saturated carbocycles. The molecule has 1 heterocycles. The highest BCUT2D eigenvalue weighted by molar-refractivity contribution is 5.75. The van der Waals surface area contributed by atoms with Crippen molar-refractivity contribution in [2.45, 2.75) is 97.2 Å². The fraction of sp³-hybridized carbons (Fsp3) is 0.967. The Morgan fingerprint density at radius 3 is 2.61 bits per heavy atom. The Bertz CT molecular complexity index is 772. The van der Waals surface area contributed by atoms with E-state index in [4.69, 9.17) is 4.74 Å². The molecule has 5 fully saturated rings. The van der Waals surface area contributed by atoms with Crippen LogP contribution in [0.1, 0.15) is 85.0 Å². The second-order valence-corrected chi connectivity index (χ2v) is 13.7. The standard InChI is InChI=1S/C30H52N2O4/c1-20(4-9-28(35)31-12-13-32-14-16-36-17-15-32)24-7-8-25-23-6-5-21-18-22(33)10-11-29(21,2)26(23)19-27(34)30(24,25)3/h20-27,33-34H,4-19H2,1-3H3,(H,31,35). The normalized spacial score (nSPS) is 45.9. The van der Waals surface area contributed by atoms with E-state index in [-0.39, 0.29) is 28.9 Å². The fourth-order valence-electron chi connectivity index (χ4n) is 9.99. The number of hydrogen-bond donors (Lipinski definition) is 3. The molecule has 10 atom stereocenters. The van der Waals surface area contributed by atoms with Gasteiger partial charge in [0.2, 0.25) is 5.91 Å². The van der Waals surface area contributed by atoms with Crippen molar-refractivity contribution in [1.29, 1.82) is 0 Å². The van der Waals surface area contributed by atoms with Gasteiger partial charge < -0.3 is 20.3 Å². The molecular weight excluding hydrogens is 452 g/mol. The van der Waals surface area contributed by atoms with Gasteiger partial charge >= 0.3 is 0 Å². The molecule has 1 amide bonds. The maximum absolute atomic E-state index is 12.6. The Kier molecular flexibility index (Phi) is 8.09. The second kappa shape index (κ2) is 10.8. The number of nitrogens with one attached hydrogen (secondary N) is 1. The molecule has 0 radical (unpaired) electrons. The van der Waals surface area contributed by atoms with Gasteiger partial charge in [0.15, 0.2) is 0 Å². The highest BCUT2D eigenvalue weighted by atomic mass is 16.5. The summed E-state index contributed by atoms with van der Waals surface area (Å²) < 4.78 is 5.40. The zero-order valence-corrected chi connectivity index (χ0v) is 23.1. The van der Waals surface area contributed by atoms with Gasteiger partial charge in [-0.05, 0) is 104 Å². The van der Waals surface area contributed by atoms with E-state index in [1.807, 2.05) is 0 Å². The van der Waals surface area contributed by atoms with Crippen LogP contribution in [-0.2, 0) is 9.53 Å². The lowest BCUT2D eigenvalue weighted by atomic mass is 9.43. The van der Waals surface area contributed by atoms with E-state index in [9.17, 15) is 15.0 Å². The van der Waals surface area contributed by atoms with Gasteiger partial charge in [0.25, 0.3) is 0 Å². The molecule has 1 saturated heterocycles. The third kappa shape index (κ3) is 4.89. The molecule has 4 aliphatic carbocycles. The van der Waals surface area contributed by atoms with Crippen molar-refractivity contribution in [3.63, 3.8) is 0 Å². The molecule has 5 rings (SSSR count). The first-order valence-electron chi connectivity index (χ1n) is 15.2. The van der Waals surface area contributed by atoms with Gasteiger partial charge in [-0.1, -0.05) is 20.8 Å². The highest BCUT2D eigenvalue weighted by Gasteiger charge is 2.63. The molecule has 3 N–H and O–H groups in total. The molecule has 0 aromatic rings. The summed E-state index contributed by atoms with van der Waals surface area (Å²) in [7, 11) is 0. The van der Waals surface area contributed by atoms with E-state index in [1.165, 1.54) is 25.7 Å². The molecule has 0 spiro atoms. The summed E-state index contributed by atoms with van der Waals surface area (Å²) in [6.45, 7) is 12.3. The predicted octanol–water partition coefficient (Wildman–Crippen LogP) is 3.84. The number of ether oxygens (including phenoxy) is 1. The Labute approximate surface area is 218 Å². The summed E-state index contributed by atoms with van der Waals surface area (Å²) in [4.78, 5) is 14.9. The van der Waals surface area contributed by atoms with E-state index in [1.54, 1.807) is 0 Å². The zero-order chi connectivity index (χ0) is 25.5. The van der Waals surface area contributed by atoms with Crippen molar-refractivity contribution in [3.8, 4) is 0 Å². The van der Waals surface area contributed by atoms with Crippen molar-refractivity contribution in [3.05, 3.63) is 0 Å². The van der Waals surface area contributed by atoms with E-state index >= 15 is 0 Å². The molecule has 0 aromatic heterocycles. The van der Waals surface area contributed by atoms with Crippen molar-refractivity contribution in [1.82, 2.24) is 10.2 Å². The van der Waals surface area contributed by atoms with Crippen molar-refractivity contribution in [2.75, 3.05) is 39.4 Å². The minimum Gasteiger partial charge on any atom is -0.393 e. The Morgan fingerprint density at radius 1 is 1.06 bits per heavy atom. The lowest BCUT2D eigenvalue weighted by Gasteiger charge is -2.62. The van der Waals surface area contributed by atoms with E-state index in [0.29, 0.717) is 36.0 Å². The van der Waals surface area contributed by atoms with Gasteiger partial charge in [-0.2, -0.15) is 0 Å². The van der Waals surface area contributed by atoms with Crippen LogP contribution in [0.25, 0.3) is 0 Å². The maximum Gasteiger partial charge on any atom is 0.220 e. The third-order valence-electron chi connectivity index (χ3n) is 12.2. The zero-order valence-electron chi connectivity index (χ0n) is 23.1. The number of rotatable bonds is 7. The smallest absolute Gasteiger partial charge is 0.220 e. The SMILES string of the molecule is CC(CCC(=O)NCCN1CCOCC1)C1CCC2C3CCC4CC(O)CCC4(C)C3CC(O)C12C. The Hall–Kier alpha value is -0.690. The Morgan fingerprint density at radius 2 is 1.83 bits per heavy atom. The van der Waals surface area contributed by atoms with Crippen LogP contribution < -0.4 is 5.32 Å². The van der Waals surface area contributed by atoms with Crippen molar-refractivity contribution in [2.24, 2.45) is 46.3 Å². The maximum atomic E-state index is 12.6. The topological polar surface area (TPSA) is 82.0 Å². The van der Waals surface area contributed by atoms with Crippen LogP contribution in [0.15, 0.2) is 0 Å². The molecule has 5 aliphatic rings. The van der Waals surface area contributed by atoms with Crippen molar-refractivity contribution >= 4 is 5.91 Å². The van der Waals surface area contributed by atoms with Gasteiger partial charge in [-0.15, -0.1) is 0 Å². The van der Waals surface area contributed by atoms with Gasteiger partial charge in [-0.25, -0.2) is 0 Å². The lowest BCUT2D eigenvalue weighted by molar-refractivity contribution is -0.174. The van der Waals surface area contributed by atoms with Crippen LogP contribution in [-0.4, -0.2) is 72.6 Å². The average Bonchev–Trinajstić information content (AvgIpc) is 3.23. The van der Waals surface area contributed by atoms with Gasteiger partial charge in [-0.3, -0.25) is 9.69 Å². The summed E-state index contributed by atoms with van der Waals surface area (Å²) in [5.74, 6) is 3.66. The van der Waals surface area contributed by atoms with Crippen molar-refractivity contribution < 1.29 is 19.7 Å². The minimum atomic E-state index is -0.247. The monoisotopic (exact) mass is 504 g/mol. The molecular formula is C30H52N2O4. The molecule has 206 valence electrons. The van der Waals surface area contributed by atoms with E-state index in [2.05, 4.69) is 31.0 Å². The number of aliphatic hydroxyl groups excluding tert-OH is 2. The first kappa shape index (κ1) is 26.9. The van der Waals surface area contributed by atoms with E-state index < -0.39 is 0 Å². The fourth-order valence-corrected chi connectivity index (χ4v) is 9.99. The first-order valence-corrected chi connectivity index (χ1v) is 15.2. The lowest BCUT2D eigenvalue weighted by Crippen LogP contribution is -2.58. The molecule has 6 nitrogen and oxygen atoms in total. The van der Waals surface area contributed by atoms with E-state index in [0.717, 1.165) is 77.4 Å². The third-order valence-corrected chi connectivity index (χ3v) is 12.2. The average molecular weight is 505 g/mol. The summed E-state index contributed by atoms with van der Waals surface area (Å²) in [5, 5.41) is 25.2. The summed E-state index contributed by atoms with van der Waals surface area (Å²) >= 11 is 0. The number of hydrogen-bond acceptors (Lipinski definition) is 5. The van der Waals surface area contributed by atoms with Gasteiger partial charge in [0.1, 0.15) is 0 Å². The van der Waals surface area contributed by atoms with Crippen LogP contribution >= 0.6 is 0 Å². The number of amides is 1. The molecule has 0 bridgehead atoms. The minimum absolute atomic E-state index is 0.0230. The molecule has 10 unspecified atom stereocenters. The van der Waals surface area contributed by atoms with Gasteiger partial charge in [0, 0.05) is 32.6 Å². The molecule has 0 aromatic carbocycles. The highest BCUT2D eigenvalue weighted by Crippen LogP contribution is 2.68. The van der Waals surface area contributed by atoms with Crippen LogP contribution in [0.2, 0.25) is 0 Å². The molecule has 36 heavy (non-hydrogen) atoms. The predicted molar refractivity (Wildman–Crippen MR) is 141 cm³/mol. The summed E-state index contributed by atoms with van der Waals surface area (Å²) in [6, 6.07) is 0. The van der Waals surface area contributed by atoms with Crippen LogP contribution in [0.3, 0.4) is 0 Å². The van der Waals surface area contributed by atoms with Crippen LogP contribution in [0.4, 0.5) is 0 Å². The first-order chi connectivity index (χ1) is 17.2. The van der Waals surface area contributed by atoms with Crippen LogP contribution in [0.5, 0.6) is 0 Å². The Balaban J connectivity index is 1.16. The van der Waals surface area contributed by atoms with Crippen LogP contribution in [0, 0.1) is 46.3 Å². The number of fused-ring (bicyclic) bond motifs is 5. The molecule has 6 heteroatoms. The summed E-state index contributed by atoms with van der Waals surface area (Å²) in [6.07, 6.45) is 10.0. The summed E-state index contributed by atoms with van der Waals surface area (Å²) in [5.41, 5.74) is 0.262. The number of carbonyl (C=O) groups excluding carboxylic acids is 1. The second-order valence-electron chi connectivity index (χ2n) is 13.7. The number of morpholine rings is 1. The number of carbonyl (C=O) groups is 1. The quantitative estimate of drug-likeness (QED) is 0.491. The number of aliphatic hydroxyl groups is 2. The number of nitrogens with zero attached hydrogens (tertiary/aromatic N) is 1. The molecule has 1 aliphatic heterocycles.